The molecule has 0 atom stereocenters. The first kappa shape index (κ1) is 19.8. The van der Waals surface area contributed by atoms with Crippen LogP contribution in [0, 0.1) is 0 Å². The highest BCUT2D eigenvalue weighted by Crippen LogP contribution is 2.18. The van der Waals surface area contributed by atoms with E-state index in [1.165, 1.54) is 37.4 Å². The van der Waals surface area contributed by atoms with Crippen molar-refractivity contribution in [1.29, 1.82) is 0 Å². The number of likely N-dealkylation sites (N-methyl/N-ethyl adjacent to an activating group) is 1. The lowest BCUT2D eigenvalue weighted by Gasteiger charge is -2.14. The summed E-state index contributed by atoms with van der Waals surface area (Å²) in [5, 5.41) is 9.23. The zero-order chi connectivity index (χ0) is 19.3. The summed E-state index contributed by atoms with van der Waals surface area (Å²) < 4.78 is 25.2. The second-order valence-corrected chi connectivity index (χ2v) is 7.85. The van der Waals surface area contributed by atoms with E-state index >= 15 is 0 Å². The van der Waals surface area contributed by atoms with Gasteiger partial charge in [-0.05, 0) is 48.0 Å². The number of allylic oxidation sites excluding steroid dienone is 1. The summed E-state index contributed by atoms with van der Waals surface area (Å²) in [5.41, 5.74) is 0.991. The third-order valence-corrected chi connectivity index (χ3v) is 5.69. The first-order chi connectivity index (χ1) is 12.2. The van der Waals surface area contributed by atoms with E-state index in [1.807, 2.05) is 0 Å². The van der Waals surface area contributed by atoms with Crippen molar-refractivity contribution in [3.8, 4) is 0 Å². The van der Waals surface area contributed by atoms with Crippen LogP contribution < -0.4 is 0 Å². The van der Waals surface area contributed by atoms with Crippen molar-refractivity contribution in [2.45, 2.75) is 4.90 Å². The van der Waals surface area contributed by atoms with E-state index in [4.69, 9.17) is 16.7 Å². The SMILES string of the molecule is CN(CC(=O)O)S(=O)(=O)c1ccc(C(=O)C=Cc2ccccc2Cl)cc1. The minimum atomic E-state index is -3.93. The Hall–Kier alpha value is -2.48. The summed E-state index contributed by atoms with van der Waals surface area (Å²) >= 11 is 6.01. The number of carbonyl (C=O) groups is 2. The van der Waals surface area contributed by atoms with Gasteiger partial charge in [0.15, 0.2) is 5.78 Å². The molecule has 2 aromatic rings. The van der Waals surface area contributed by atoms with E-state index in [9.17, 15) is 18.0 Å². The van der Waals surface area contributed by atoms with Crippen molar-refractivity contribution in [1.82, 2.24) is 4.31 Å². The largest absolute Gasteiger partial charge is 0.480 e. The molecule has 6 nitrogen and oxygen atoms in total. The fourth-order valence-electron chi connectivity index (χ4n) is 2.12. The molecule has 1 N–H and O–H groups in total. The van der Waals surface area contributed by atoms with E-state index in [1.54, 1.807) is 30.3 Å². The maximum absolute atomic E-state index is 12.2. The molecular formula is C18H16ClNO5S. The van der Waals surface area contributed by atoms with Crippen LogP contribution in [-0.4, -0.2) is 43.2 Å². The quantitative estimate of drug-likeness (QED) is 0.576. The fourth-order valence-corrected chi connectivity index (χ4v) is 3.44. The van der Waals surface area contributed by atoms with E-state index < -0.39 is 22.5 Å². The third-order valence-electron chi connectivity index (χ3n) is 3.52. The lowest BCUT2D eigenvalue weighted by Crippen LogP contribution is -2.32. The minimum Gasteiger partial charge on any atom is -0.480 e. The molecule has 0 unspecified atom stereocenters. The number of hydrogen-bond donors (Lipinski definition) is 1. The number of carboxylic acid groups (broad SMARTS) is 1. The van der Waals surface area contributed by atoms with E-state index in [-0.39, 0.29) is 10.7 Å². The maximum Gasteiger partial charge on any atom is 0.318 e. The summed E-state index contributed by atoms with van der Waals surface area (Å²) in [7, 11) is -2.76. The average molecular weight is 394 g/mol. The topological polar surface area (TPSA) is 91.8 Å². The van der Waals surface area contributed by atoms with Gasteiger partial charge in [-0.2, -0.15) is 4.31 Å². The van der Waals surface area contributed by atoms with Gasteiger partial charge in [0.05, 0.1) is 4.90 Å². The molecular weight excluding hydrogens is 378 g/mol. The first-order valence-electron chi connectivity index (χ1n) is 7.47. The van der Waals surface area contributed by atoms with Crippen molar-refractivity contribution < 1.29 is 23.1 Å². The average Bonchev–Trinajstić information content (AvgIpc) is 2.60. The molecule has 0 bridgehead atoms. The summed E-state index contributed by atoms with van der Waals surface area (Å²) in [6.07, 6.45) is 2.93. The van der Waals surface area contributed by atoms with Gasteiger partial charge in [0.2, 0.25) is 10.0 Å². The molecule has 0 spiro atoms. The zero-order valence-electron chi connectivity index (χ0n) is 13.8. The van der Waals surface area contributed by atoms with Crippen molar-refractivity contribution in [2.75, 3.05) is 13.6 Å². The normalized spacial score (nSPS) is 11.8. The lowest BCUT2D eigenvalue weighted by molar-refractivity contribution is -0.137. The Morgan fingerprint density at radius 1 is 1.12 bits per heavy atom. The van der Waals surface area contributed by atoms with Crippen molar-refractivity contribution in [2.24, 2.45) is 0 Å². The second-order valence-electron chi connectivity index (χ2n) is 5.40. The third kappa shape index (κ3) is 4.78. The number of carboxylic acids is 1. The number of hydrogen-bond acceptors (Lipinski definition) is 4. The predicted molar refractivity (Wildman–Crippen MR) is 98.7 cm³/mol. The van der Waals surface area contributed by atoms with E-state index in [0.29, 0.717) is 16.1 Å². The molecule has 0 heterocycles. The van der Waals surface area contributed by atoms with Gasteiger partial charge in [0.25, 0.3) is 0 Å². The minimum absolute atomic E-state index is 0.0899. The number of carbonyl (C=O) groups excluding carboxylic acids is 1. The van der Waals surface area contributed by atoms with Crippen molar-refractivity contribution in [3.05, 3.63) is 70.8 Å². The Kier molecular flexibility index (Phi) is 6.31. The Morgan fingerprint density at radius 3 is 2.31 bits per heavy atom. The lowest BCUT2D eigenvalue weighted by atomic mass is 10.1. The molecule has 0 aliphatic heterocycles. The van der Waals surface area contributed by atoms with Crippen LogP contribution in [0.4, 0.5) is 0 Å². The van der Waals surface area contributed by atoms with Crippen LogP contribution >= 0.6 is 11.6 Å². The van der Waals surface area contributed by atoms with Gasteiger partial charge in [-0.1, -0.05) is 29.8 Å². The second kappa shape index (κ2) is 8.27. The highest BCUT2D eigenvalue weighted by Gasteiger charge is 2.22. The number of sulfonamides is 1. The van der Waals surface area contributed by atoms with Crippen LogP contribution in [0.1, 0.15) is 15.9 Å². The van der Waals surface area contributed by atoms with Gasteiger partial charge < -0.3 is 5.11 Å². The van der Waals surface area contributed by atoms with Gasteiger partial charge in [0, 0.05) is 17.6 Å². The fraction of sp³-hybridized carbons (Fsp3) is 0.111. The van der Waals surface area contributed by atoms with Crippen LogP contribution in [0.15, 0.2) is 59.5 Å². The van der Waals surface area contributed by atoms with Crippen LogP contribution in [0.3, 0.4) is 0 Å². The summed E-state index contributed by atoms with van der Waals surface area (Å²) in [4.78, 5) is 22.8. The monoisotopic (exact) mass is 393 g/mol. The van der Waals surface area contributed by atoms with Gasteiger partial charge >= 0.3 is 5.97 Å². The van der Waals surface area contributed by atoms with Gasteiger partial charge in [-0.15, -0.1) is 0 Å². The molecule has 136 valence electrons. The molecule has 0 aliphatic carbocycles. The van der Waals surface area contributed by atoms with E-state index in [0.717, 1.165) is 4.31 Å². The molecule has 2 rings (SSSR count). The molecule has 0 radical (unpaired) electrons. The van der Waals surface area contributed by atoms with Gasteiger partial charge in [-0.25, -0.2) is 8.42 Å². The molecule has 0 fully saturated rings. The smallest absolute Gasteiger partial charge is 0.318 e. The number of nitrogens with zero attached hydrogens (tertiary/aromatic N) is 1. The Balaban J connectivity index is 2.17. The molecule has 0 amide bonds. The predicted octanol–water partition coefficient (Wildman–Crippen LogP) is 2.94. The first-order valence-corrected chi connectivity index (χ1v) is 9.29. The van der Waals surface area contributed by atoms with Crippen molar-refractivity contribution >= 4 is 39.5 Å². The van der Waals surface area contributed by atoms with Crippen molar-refractivity contribution in [3.63, 3.8) is 0 Å². The Bertz CT molecular complexity index is 952. The summed E-state index contributed by atoms with van der Waals surface area (Å²) in [5.74, 6) is -1.57. The number of aliphatic carboxylic acids is 1. The molecule has 2 aromatic carbocycles. The van der Waals surface area contributed by atoms with Crippen LogP contribution in [0.5, 0.6) is 0 Å². The molecule has 0 saturated carbocycles. The molecule has 0 aliphatic rings. The van der Waals surface area contributed by atoms with Crippen LogP contribution in [0.2, 0.25) is 5.02 Å². The molecule has 8 heteroatoms. The molecule has 0 aromatic heterocycles. The van der Waals surface area contributed by atoms with Crippen LogP contribution in [-0.2, 0) is 14.8 Å². The molecule has 26 heavy (non-hydrogen) atoms. The number of halogens is 1. The highest BCUT2D eigenvalue weighted by molar-refractivity contribution is 7.89. The Morgan fingerprint density at radius 2 is 1.73 bits per heavy atom. The highest BCUT2D eigenvalue weighted by atomic mass is 35.5. The van der Waals surface area contributed by atoms with Crippen LogP contribution in [0.25, 0.3) is 6.08 Å². The van der Waals surface area contributed by atoms with E-state index in [2.05, 4.69) is 0 Å². The van der Waals surface area contributed by atoms with Gasteiger partial charge in [-0.3, -0.25) is 9.59 Å². The standard InChI is InChI=1S/C18H16ClNO5S/c1-20(12-18(22)23)26(24,25)15-9-6-14(7-10-15)17(21)11-8-13-4-2-3-5-16(13)19/h2-11H,12H2,1H3,(H,22,23). The number of rotatable bonds is 7. The van der Waals surface area contributed by atoms with Gasteiger partial charge in [0.1, 0.15) is 6.54 Å². The number of ketones is 1. The zero-order valence-corrected chi connectivity index (χ0v) is 15.4. The Labute approximate surface area is 156 Å². The summed E-state index contributed by atoms with van der Waals surface area (Å²) in [6, 6.07) is 12.3. The number of benzene rings is 2. The maximum atomic E-state index is 12.2. The molecule has 0 saturated heterocycles. The summed E-state index contributed by atoms with van der Waals surface area (Å²) in [6.45, 7) is -0.649.